The molecule has 2 atom stereocenters. The standard InChI is InChI=1S/C24H34N4O6/c1-15(29)26-19(21(30)27-18(22(31)32)10-7-8-12-25)13-16-14-28(23(33)34-24(2,3)4)20-11-6-5-9-17(16)20/h5-6,9,11,14,18-19H,7-8,10,12-13,25H2,1-4H3,(H,26,29)(H,27,30)(H,31,32)/t18-,19-/m0/s1. The number of ether oxygens (including phenoxy) is 1. The molecule has 0 radical (unpaired) electrons. The molecule has 5 N–H and O–H groups in total. The predicted octanol–water partition coefficient (Wildman–Crippen LogP) is 2.17. The van der Waals surface area contributed by atoms with Gasteiger partial charge < -0.3 is 26.2 Å². The van der Waals surface area contributed by atoms with Crippen LogP contribution in [0.1, 0.15) is 52.5 Å². The maximum absolute atomic E-state index is 13.0. The summed E-state index contributed by atoms with van der Waals surface area (Å²) >= 11 is 0. The Bertz CT molecular complexity index is 1040. The number of aromatic nitrogens is 1. The van der Waals surface area contributed by atoms with E-state index in [1.54, 1.807) is 51.2 Å². The fourth-order valence-electron chi connectivity index (χ4n) is 3.57. The van der Waals surface area contributed by atoms with Gasteiger partial charge in [0.1, 0.15) is 17.7 Å². The van der Waals surface area contributed by atoms with Crippen molar-refractivity contribution in [1.82, 2.24) is 15.2 Å². The Kier molecular flexibility index (Phi) is 9.19. The summed E-state index contributed by atoms with van der Waals surface area (Å²) < 4.78 is 6.86. The van der Waals surface area contributed by atoms with E-state index < -0.39 is 41.6 Å². The van der Waals surface area contributed by atoms with Crippen LogP contribution in [0, 0.1) is 0 Å². The zero-order chi connectivity index (χ0) is 25.5. The number of amides is 2. The number of nitrogens with one attached hydrogen (secondary N) is 2. The first-order chi connectivity index (χ1) is 15.9. The first-order valence-electron chi connectivity index (χ1n) is 11.3. The monoisotopic (exact) mass is 474 g/mol. The average molecular weight is 475 g/mol. The van der Waals surface area contributed by atoms with Gasteiger partial charge in [0.25, 0.3) is 0 Å². The van der Waals surface area contributed by atoms with Gasteiger partial charge in [-0.25, -0.2) is 9.59 Å². The van der Waals surface area contributed by atoms with Crippen molar-refractivity contribution in [3.63, 3.8) is 0 Å². The van der Waals surface area contributed by atoms with Crippen LogP contribution in [-0.2, 0) is 25.5 Å². The lowest BCUT2D eigenvalue weighted by molar-refractivity contribution is -0.142. The number of para-hydroxylation sites is 1. The number of carbonyl (C=O) groups excluding carboxylic acids is 3. The molecule has 10 nitrogen and oxygen atoms in total. The Hall–Kier alpha value is -3.40. The maximum atomic E-state index is 13.0. The Morgan fingerprint density at radius 3 is 2.35 bits per heavy atom. The van der Waals surface area contributed by atoms with E-state index in [0.717, 1.165) is 0 Å². The molecule has 2 aromatic rings. The van der Waals surface area contributed by atoms with E-state index in [1.165, 1.54) is 11.5 Å². The van der Waals surface area contributed by atoms with E-state index in [4.69, 9.17) is 10.5 Å². The highest BCUT2D eigenvalue weighted by Crippen LogP contribution is 2.24. The number of unbranched alkanes of at least 4 members (excludes halogenated alkanes) is 1. The second-order valence-electron chi connectivity index (χ2n) is 9.16. The number of hydrogen-bond donors (Lipinski definition) is 4. The highest BCUT2D eigenvalue weighted by molar-refractivity contribution is 5.94. The van der Waals surface area contributed by atoms with Crippen LogP contribution in [0.5, 0.6) is 0 Å². The van der Waals surface area contributed by atoms with Gasteiger partial charge in [0, 0.05) is 24.9 Å². The highest BCUT2D eigenvalue weighted by Gasteiger charge is 2.28. The molecule has 1 aromatic heterocycles. The smallest absolute Gasteiger partial charge is 0.419 e. The van der Waals surface area contributed by atoms with Crippen LogP contribution in [0.2, 0.25) is 0 Å². The molecule has 2 amide bonds. The molecule has 1 heterocycles. The molecule has 0 fully saturated rings. The lowest BCUT2D eigenvalue weighted by Gasteiger charge is -2.21. The number of carbonyl (C=O) groups is 4. The zero-order valence-electron chi connectivity index (χ0n) is 20.1. The normalized spacial score (nSPS) is 13.2. The third-order valence-electron chi connectivity index (χ3n) is 5.06. The fraction of sp³-hybridized carbons (Fsp3) is 0.500. The topological polar surface area (TPSA) is 153 Å². The minimum atomic E-state index is -1.16. The number of benzene rings is 1. The van der Waals surface area contributed by atoms with Crippen molar-refractivity contribution in [3.8, 4) is 0 Å². The van der Waals surface area contributed by atoms with Crippen LogP contribution >= 0.6 is 0 Å². The van der Waals surface area contributed by atoms with Crippen molar-refractivity contribution in [2.45, 2.75) is 71.1 Å². The molecule has 0 spiro atoms. The van der Waals surface area contributed by atoms with E-state index >= 15 is 0 Å². The summed E-state index contributed by atoms with van der Waals surface area (Å²) in [5.41, 5.74) is 6.00. The van der Waals surface area contributed by atoms with Crippen molar-refractivity contribution >= 4 is 34.8 Å². The quantitative estimate of drug-likeness (QED) is 0.385. The third-order valence-corrected chi connectivity index (χ3v) is 5.06. The lowest BCUT2D eigenvalue weighted by Crippen LogP contribution is -2.52. The molecule has 0 bridgehead atoms. The highest BCUT2D eigenvalue weighted by atomic mass is 16.6. The van der Waals surface area contributed by atoms with Crippen molar-refractivity contribution in [2.24, 2.45) is 5.73 Å². The molecular weight excluding hydrogens is 440 g/mol. The number of nitrogens with two attached hydrogens (primary N) is 1. The molecule has 0 aliphatic rings. The number of carboxylic acids is 1. The number of nitrogens with zero attached hydrogens (tertiary/aromatic N) is 1. The summed E-state index contributed by atoms with van der Waals surface area (Å²) in [6, 6.07) is 5.01. The van der Waals surface area contributed by atoms with Crippen LogP contribution in [0.25, 0.3) is 10.9 Å². The van der Waals surface area contributed by atoms with E-state index in [2.05, 4.69) is 10.6 Å². The number of fused-ring (bicyclic) bond motifs is 1. The Labute approximate surface area is 198 Å². The minimum absolute atomic E-state index is 0.0524. The number of aliphatic carboxylic acids is 1. The van der Waals surface area contributed by atoms with Crippen LogP contribution < -0.4 is 16.4 Å². The van der Waals surface area contributed by atoms with Gasteiger partial charge in [-0.15, -0.1) is 0 Å². The van der Waals surface area contributed by atoms with E-state index in [9.17, 15) is 24.3 Å². The molecule has 186 valence electrons. The van der Waals surface area contributed by atoms with Crippen molar-refractivity contribution in [3.05, 3.63) is 36.0 Å². The summed E-state index contributed by atoms with van der Waals surface area (Å²) in [6.45, 7) is 7.00. The minimum Gasteiger partial charge on any atom is -0.480 e. The third kappa shape index (κ3) is 7.58. The largest absolute Gasteiger partial charge is 0.480 e. The van der Waals surface area contributed by atoms with Gasteiger partial charge in [0.15, 0.2) is 0 Å². The van der Waals surface area contributed by atoms with Gasteiger partial charge in [0.05, 0.1) is 5.52 Å². The zero-order valence-corrected chi connectivity index (χ0v) is 20.1. The molecule has 34 heavy (non-hydrogen) atoms. The predicted molar refractivity (Wildman–Crippen MR) is 127 cm³/mol. The van der Waals surface area contributed by atoms with E-state index in [-0.39, 0.29) is 12.8 Å². The van der Waals surface area contributed by atoms with Crippen LogP contribution in [0.3, 0.4) is 0 Å². The average Bonchev–Trinajstić information content (AvgIpc) is 3.09. The molecule has 0 saturated carbocycles. The van der Waals surface area contributed by atoms with Crippen molar-refractivity contribution < 1.29 is 29.0 Å². The SMILES string of the molecule is CC(=O)N[C@@H](Cc1cn(C(=O)OC(C)(C)C)c2ccccc12)C(=O)N[C@@H](CCCCN)C(=O)O. The molecule has 2 rings (SSSR count). The van der Waals surface area contributed by atoms with Crippen molar-refractivity contribution in [2.75, 3.05) is 6.54 Å². The van der Waals surface area contributed by atoms with E-state index in [1.807, 2.05) is 0 Å². The second kappa shape index (κ2) is 11.6. The Morgan fingerprint density at radius 1 is 1.09 bits per heavy atom. The van der Waals surface area contributed by atoms with Gasteiger partial charge in [-0.3, -0.25) is 14.2 Å². The van der Waals surface area contributed by atoms with Crippen LogP contribution in [0.4, 0.5) is 4.79 Å². The summed E-state index contributed by atoms with van der Waals surface area (Å²) in [5.74, 6) is -2.22. The summed E-state index contributed by atoms with van der Waals surface area (Å²) in [6.07, 6.45) is 2.47. The number of rotatable bonds is 10. The van der Waals surface area contributed by atoms with Gasteiger partial charge in [0.2, 0.25) is 11.8 Å². The van der Waals surface area contributed by atoms with Gasteiger partial charge in [-0.1, -0.05) is 18.2 Å². The van der Waals surface area contributed by atoms with Crippen LogP contribution in [-0.4, -0.2) is 57.8 Å². The Morgan fingerprint density at radius 2 is 1.76 bits per heavy atom. The molecular formula is C24H34N4O6. The van der Waals surface area contributed by atoms with Gasteiger partial charge in [-0.05, 0) is 58.2 Å². The van der Waals surface area contributed by atoms with E-state index in [0.29, 0.717) is 35.9 Å². The van der Waals surface area contributed by atoms with Crippen molar-refractivity contribution in [1.29, 1.82) is 0 Å². The number of carboxylic acid groups (broad SMARTS) is 1. The fourth-order valence-corrected chi connectivity index (χ4v) is 3.57. The summed E-state index contributed by atoms with van der Waals surface area (Å²) in [4.78, 5) is 49.2. The van der Waals surface area contributed by atoms with Gasteiger partial charge in [-0.2, -0.15) is 0 Å². The first-order valence-corrected chi connectivity index (χ1v) is 11.3. The molecule has 0 aliphatic carbocycles. The molecule has 0 unspecified atom stereocenters. The molecule has 0 saturated heterocycles. The second-order valence-corrected chi connectivity index (χ2v) is 9.16. The Balaban J connectivity index is 2.33. The first kappa shape index (κ1) is 26.8. The maximum Gasteiger partial charge on any atom is 0.419 e. The molecule has 0 aliphatic heterocycles. The van der Waals surface area contributed by atoms with Crippen LogP contribution in [0.15, 0.2) is 30.5 Å². The summed E-state index contributed by atoms with van der Waals surface area (Å²) in [7, 11) is 0. The lowest BCUT2D eigenvalue weighted by atomic mass is 10.0. The molecule has 1 aromatic carbocycles. The molecule has 10 heteroatoms. The summed E-state index contributed by atoms with van der Waals surface area (Å²) in [5, 5.41) is 15.3. The number of hydrogen-bond acceptors (Lipinski definition) is 6. The van der Waals surface area contributed by atoms with Gasteiger partial charge >= 0.3 is 12.1 Å².